The van der Waals surface area contributed by atoms with Gasteiger partial charge in [0.1, 0.15) is 10.8 Å². The van der Waals surface area contributed by atoms with Crippen LogP contribution in [0.15, 0.2) is 35.8 Å². The minimum Gasteiger partial charge on any atom is -0.305 e. The molecule has 0 bridgehead atoms. The summed E-state index contributed by atoms with van der Waals surface area (Å²) in [4.78, 5) is 4.29. The lowest BCUT2D eigenvalue weighted by Gasteiger charge is -2.18. The van der Waals surface area contributed by atoms with Crippen molar-refractivity contribution in [3.8, 4) is 0 Å². The van der Waals surface area contributed by atoms with Gasteiger partial charge in [0.25, 0.3) is 0 Å². The summed E-state index contributed by atoms with van der Waals surface area (Å²) in [5.41, 5.74) is 1.02. The number of rotatable bonds is 5. The van der Waals surface area contributed by atoms with Gasteiger partial charge < -0.3 is 5.32 Å². The fourth-order valence-electron chi connectivity index (χ4n) is 2.02. The van der Waals surface area contributed by atoms with Gasteiger partial charge in [0, 0.05) is 17.6 Å². The van der Waals surface area contributed by atoms with E-state index in [1.54, 1.807) is 23.5 Å². The third-order valence-electron chi connectivity index (χ3n) is 2.79. The zero-order valence-corrected chi connectivity index (χ0v) is 11.4. The molecule has 0 aliphatic rings. The maximum absolute atomic E-state index is 13.1. The van der Waals surface area contributed by atoms with E-state index in [2.05, 4.69) is 24.1 Å². The molecule has 0 fully saturated rings. The van der Waals surface area contributed by atoms with Crippen LogP contribution in [-0.4, -0.2) is 11.0 Å². The molecular formula is C14H17FN2S. The standard InChI is InChI=1S/C14H17FN2S/c1-10(8-12-4-3-5-13(15)9-12)17-11(2)14-16-6-7-18-14/h3-7,9-11,17H,8H2,1-2H3. The Labute approximate surface area is 111 Å². The molecule has 2 nitrogen and oxygen atoms in total. The molecule has 2 aromatic rings. The summed E-state index contributed by atoms with van der Waals surface area (Å²) in [5, 5.41) is 6.54. The van der Waals surface area contributed by atoms with Crippen molar-refractivity contribution in [3.05, 3.63) is 52.2 Å². The second-order valence-electron chi connectivity index (χ2n) is 4.49. The minimum atomic E-state index is -0.173. The Balaban J connectivity index is 1.91. The highest BCUT2D eigenvalue weighted by Gasteiger charge is 2.11. The summed E-state index contributed by atoms with van der Waals surface area (Å²) in [6.45, 7) is 4.20. The Bertz CT molecular complexity index is 484. The molecule has 1 heterocycles. The molecule has 0 saturated heterocycles. The van der Waals surface area contributed by atoms with Crippen molar-refractivity contribution in [1.82, 2.24) is 10.3 Å². The van der Waals surface area contributed by atoms with Crippen molar-refractivity contribution in [3.63, 3.8) is 0 Å². The molecule has 2 unspecified atom stereocenters. The smallest absolute Gasteiger partial charge is 0.123 e. The van der Waals surface area contributed by atoms with E-state index in [1.807, 2.05) is 17.6 Å². The van der Waals surface area contributed by atoms with Gasteiger partial charge in [-0.25, -0.2) is 9.37 Å². The van der Waals surface area contributed by atoms with E-state index >= 15 is 0 Å². The summed E-state index contributed by atoms with van der Waals surface area (Å²) in [6.07, 6.45) is 2.63. The van der Waals surface area contributed by atoms with Crippen LogP contribution in [0, 0.1) is 5.82 Å². The molecule has 0 aliphatic heterocycles. The Morgan fingerprint density at radius 2 is 2.22 bits per heavy atom. The van der Waals surface area contributed by atoms with Crippen LogP contribution in [0.4, 0.5) is 4.39 Å². The van der Waals surface area contributed by atoms with Crippen LogP contribution in [0.2, 0.25) is 0 Å². The van der Waals surface area contributed by atoms with Crippen molar-refractivity contribution in [2.45, 2.75) is 32.4 Å². The fraction of sp³-hybridized carbons (Fsp3) is 0.357. The van der Waals surface area contributed by atoms with Gasteiger partial charge in [0.2, 0.25) is 0 Å². The highest BCUT2D eigenvalue weighted by molar-refractivity contribution is 7.09. The number of nitrogens with one attached hydrogen (secondary N) is 1. The fourth-order valence-corrected chi connectivity index (χ4v) is 2.68. The van der Waals surface area contributed by atoms with Gasteiger partial charge in [-0.15, -0.1) is 11.3 Å². The molecule has 96 valence electrons. The average molecular weight is 264 g/mol. The lowest BCUT2D eigenvalue weighted by Crippen LogP contribution is -2.30. The normalized spacial score (nSPS) is 14.4. The molecular weight excluding hydrogens is 247 g/mol. The topological polar surface area (TPSA) is 24.9 Å². The van der Waals surface area contributed by atoms with Gasteiger partial charge in [-0.05, 0) is 38.0 Å². The van der Waals surface area contributed by atoms with Crippen LogP contribution in [0.3, 0.4) is 0 Å². The first kappa shape index (κ1) is 13.2. The van der Waals surface area contributed by atoms with Gasteiger partial charge in [0.05, 0.1) is 6.04 Å². The van der Waals surface area contributed by atoms with E-state index < -0.39 is 0 Å². The highest BCUT2D eigenvalue weighted by Crippen LogP contribution is 2.16. The highest BCUT2D eigenvalue weighted by atomic mass is 32.1. The molecule has 0 amide bonds. The lowest BCUT2D eigenvalue weighted by atomic mass is 10.1. The summed E-state index contributed by atoms with van der Waals surface area (Å²) in [6, 6.07) is 7.28. The third kappa shape index (κ3) is 3.62. The van der Waals surface area contributed by atoms with E-state index in [1.165, 1.54) is 6.07 Å². The van der Waals surface area contributed by atoms with Gasteiger partial charge in [0.15, 0.2) is 0 Å². The quantitative estimate of drug-likeness (QED) is 0.893. The summed E-state index contributed by atoms with van der Waals surface area (Å²) < 4.78 is 13.1. The molecule has 4 heteroatoms. The molecule has 0 radical (unpaired) electrons. The van der Waals surface area contributed by atoms with Gasteiger partial charge in [-0.2, -0.15) is 0 Å². The van der Waals surface area contributed by atoms with Crippen molar-refractivity contribution >= 4 is 11.3 Å². The van der Waals surface area contributed by atoms with Crippen molar-refractivity contribution in [2.24, 2.45) is 0 Å². The van der Waals surface area contributed by atoms with E-state index in [0.29, 0.717) is 0 Å². The van der Waals surface area contributed by atoms with Crippen LogP contribution < -0.4 is 5.32 Å². The van der Waals surface area contributed by atoms with Crippen LogP contribution in [0.5, 0.6) is 0 Å². The maximum atomic E-state index is 13.1. The van der Waals surface area contributed by atoms with Crippen molar-refractivity contribution in [2.75, 3.05) is 0 Å². The lowest BCUT2D eigenvalue weighted by molar-refractivity contribution is 0.475. The third-order valence-corrected chi connectivity index (χ3v) is 3.75. The van der Waals surface area contributed by atoms with E-state index in [-0.39, 0.29) is 17.9 Å². The van der Waals surface area contributed by atoms with Crippen molar-refractivity contribution in [1.29, 1.82) is 0 Å². The zero-order chi connectivity index (χ0) is 13.0. The van der Waals surface area contributed by atoms with Crippen LogP contribution in [0.25, 0.3) is 0 Å². The largest absolute Gasteiger partial charge is 0.305 e. The number of nitrogens with zero attached hydrogens (tertiary/aromatic N) is 1. The molecule has 18 heavy (non-hydrogen) atoms. The summed E-state index contributed by atoms with van der Waals surface area (Å²) in [7, 11) is 0. The van der Waals surface area contributed by atoms with Gasteiger partial charge in [-0.3, -0.25) is 0 Å². The Hall–Kier alpha value is -1.26. The van der Waals surface area contributed by atoms with Crippen molar-refractivity contribution < 1.29 is 4.39 Å². The number of aromatic nitrogens is 1. The number of benzene rings is 1. The second-order valence-corrected chi connectivity index (χ2v) is 5.42. The van der Waals surface area contributed by atoms with Crippen LogP contribution >= 0.6 is 11.3 Å². The Kier molecular flexibility index (Phi) is 4.44. The molecule has 1 aromatic carbocycles. The van der Waals surface area contributed by atoms with Gasteiger partial charge >= 0.3 is 0 Å². The maximum Gasteiger partial charge on any atom is 0.123 e. The van der Waals surface area contributed by atoms with E-state index in [9.17, 15) is 4.39 Å². The molecule has 2 atom stereocenters. The number of thiazole rings is 1. The molecule has 0 aliphatic carbocycles. The predicted molar refractivity (Wildman–Crippen MR) is 73.2 cm³/mol. The molecule has 1 aromatic heterocycles. The number of hydrogen-bond acceptors (Lipinski definition) is 3. The first-order chi connectivity index (χ1) is 8.65. The monoisotopic (exact) mass is 264 g/mol. The predicted octanol–water partition coefficient (Wildman–Crippen LogP) is 3.56. The minimum absolute atomic E-state index is 0.173. The summed E-state index contributed by atoms with van der Waals surface area (Å²) in [5.74, 6) is -0.173. The van der Waals surface area contributed by atoms with Crippen LogP contribution in [0.1, 0.15) is 30.5 Å². The number of hydrogen-bond donors (Lipinski definition) is 1. The SMILES string of the molecule is CC(Cc1cccc(F)c1)NC(C)c1nccs1. The first-order valence-electron chi connectivity index (χ1n) is 6.05. The van der Waals surface area contributed by atoms with Crippen LogP contribution in [-0.2, 0) is 6.42 Å². The molecule has 0 spiro atoms. The van der Waals surface area contributed by atoms with Gasteiger partial charge in [-0.1, -0.05) is 12.1 Å². The molecule has 1 N–H and O–H groups in total. The van der Waals surface area contributed by atoms with E-state index in [0.717, 1.165) is 17.0 Å². The summed E-state index contributed by atoms with van der Waals surface area (Å²) >= 11 is 1.65. The molecule has 0 saturated carbocycles. The average Bonchev–Trinajstić information content (AvgIpc) is 2.81. The zero-order valence-electron chi connectivity index (χ0n) is 10.6. The van der Waals surface area contributed by atoms with E-state index in [4.69, 9.17) is 0 Å². The first-order valence-corrected chi connectivity index (χ1v) is 6.93. The Morgan fingerprint density at radius 3 is 2.89 bits per heavy atom. The number of halogens is 1. The second kappa shape index (κ2) is 6.07. The Morgan fingerprint density at radius 1 is 1.39 bits per heavy atom. The molecule has 2 rings (SSSR count).